The standard InChI is InChI=1S/C20H23N5O3S/c1-15-11-19(25(23-15)18-9-10-29(27,28)14-18)22-20(26)8-7-16-12-21-24(13-16)17-5-3-2-4-6-17/h2-6,11-13,18H,7-10,14H2,1H3,(H,22,26). The Kier molecular flexibility index (Phi) is 5.23. The molecule has 1 aliphatic rings. The number of hydrogen-bond acceptors (Lipinski definition) is 5. The second-order valence-electron chi connectivity index (χ2n) is 7.35. The largest absolute Gasteiger partial charge is 0.311 e. The smallest absolute Gasteiger partial charge is 0.225 e. The zero-order chi connectivity index (χ0) is 20.4. The van der Waals surface area contributed by atoms with Crippen molar-refractivity contribution < 1.29 is 13.2 Å². The van der Waals surface area contributed by atoms with E-state index >= 15 is 0 Å². The molecule has 2 aromatic heterocycles. The van der Waals surface area contributed by atoms with Crippen LogP contribution in [-0.2, 0) is 21.1 Å². The van der Waals surface area contributed by atoms with Gasteiger partial charge in [0, 0.05) is 18.7 Å². The van der Waals surface area contributed by atoms with Crippen molar-refractivity contribution >= 4 is 21.6 Å². The molecule has 9 heteroatoms. The third-order valence-electron chi connectivity index (χ3n) is 4.98. The van der Waals surface area contributed by atoms with Gasteiger partial charge in [-0.1, -0.05) is 18.2 Å². The minimum Gasteiger partial charge on any atom is -0.311 e. The lowest BCUT2D eigenvalue weighted by Crippen LogP contribution is -2.19. The van der Waals surface area contributed by atoms with Gasteiger partial charge in [-0.3, -0.25) is 4.79 Å². The molecule has 1 fully saturated rings. The Hall–Kier alpha value is -2.94. The lowest BCUT2D eigenvalue weighted by molar-refractivity contribution is -0.116. The molecule has 3 aromatic rings. The number of rotatable bonds is 6. The van der Waals surface area contributed by atoms with Crippen molar-refractivity contribution in [3.05, 3.63) is 60.0 Å². The first-order chi connectivity index (χ1) is 13.9. The summed E-state index contributed by atoms with van der Waals surface area (Å²) in [5.74, 6) is 0.638. The van der Waals surface area contributed by atoms with Crippen LogP contribution in [0.25, 0.3) is 5.69 Å². The van der Waals surface area contributed by atoms with Gasteiger partial charge < -0.3 is 5.32 Å². The van der Waals surface area contributed by atoms with Gasteiger partial charge >= 0.3 is 0 Å². The molecule has 8 nitrogen and oxygen atoms in total. The summed E-state index contributed by atoms with van der Waals surface area (Å²) in [5.41, 5.74) is 2.68. The quantitative estimate of drug-likeness (QED) is 0.669. The molecular formula is C20H23N5O3S. The Labute approximate surface area is 169 Å². The van der Waals surface area contributed by atoms with Crippen LogP contribution < -0.4 is 5.32 Å². The fourth-order valence-corrected chi connectivity index (χ4v) is 5.22. The SMILES string of the molecule is Cc1cc(NC(=O)CCc2cnn(-c3ccccc3)c2)n(C2CCS(=O)(=O)C2)n1. The lowest BCUT2D eigenvalue weighted by atomic mass is 10.2. The molecule has 0 bridgehead atoms. The van der Waals surface area contributed by atoms with Gasteiger partial charge in [-0.25, -0.2) is 17.8 Å². The number of aryl methyl sites for hydroxylation is 2. The van der Waals surface area contributed by atoms with Crippen LogP contribution in [0, 0.1) is 6.92 Å². The molecular weight excluding hydrogens is 390 g/mol. The molecule has 1 aromatic carbocycles. The number of nitrogens with zero attached hydrogens (tertiary/aromatic N) is 4. The van der Waals surface area contributed by atoms with Gasteiger partial charge in [-0.2, -0.15) is 10.2 Å². The number of benzene rings is 1. The first-order valence-corrected chi connectivity index (χ1v) is 11.4. The molecule has 1 aliphatic heterocycles. The highest BCUT2D eigenvalue weighted by Gasteiger charge is 2.31. The highest BCUT2D eigenvalue weighted by Crippen LogP contribution is 2.27. The highest BCUT2D eigenvalue weighted by molar-refractivity contribution is 7.91. The third kappa shape index (κ3) is 4.56. The van der Waals surface area contributed by atoms with E-state index in [9.17, 15) is 13.2 Å². The van der Waals surface area contributed by atoms with E-state index in [1.54, 1.807) is 21.6 Å². The van der Waals surface area contributed by atoms with Crippen LogP contribution in [0.4, 0.5) is 5.82 Å². The topological polar surface area (TPSA) is 98.9 Å². The molecule has 0 spiro atoms. The van der Waals surface area contributed by atoms with E-state index in [1.807, 2.05) is 43.5 Å². The first-order valence-electron chi connectivity index (χ1n) is 9.55. The van der Waals surface area contributed by atoms with Crippen LogP contribution in [0.3, 0.4) is 0 Å². The Morgan fingerprint density at radius 2 is 2.07 bits per heavy atom. The van der Waals surface area contributed by atoms with Gasteiger partial charge in [0.15, 0.2) is 9.84 Å². The van der Waals surface area contributed by atoms with Crippen LogP contribution in [0.1, 0.15) is 30.1 Å². The maximum absolute atomic E-state index is 12.5. The first kappa shape index (κ1) is 19.4. The molecule has 0 aliphatic carbocycles. The van der Waals surface area contributed by atoms with Crippen molar-refractivity contribution in [1.29, 1.82) is 0 Å². The average molecular weight is 414 g/mol. The minimum atomic E-state index is -3.03. The van der Waals surface area contributed by atoms with E-state index in [2.05, 4.69) is 15.5 Å². The molecule has 1 amide bonds. The van der Waals surface area contributed by atoms with Gasteiger partial charge in [0.2, 0.25) is 5.91 Å². The predicted molar refractivity (Wildman–Crippen MR) is 110 cm³/mol. The van der Waals surface area contributed by atoms with Crippen LogP contribution in [-0.4, -0.2) is 45.4 Å². The molecule has 29 heavy (non-hydrogen) atoms. The molecule has 1 N–H and O–H groups in total. The lowest BCUT2D eigenvalue weighted by Gasteiger charge is -2.13. The van der Waals surface area contributed by atoms with Crippen LogP contribution in [0.5, 0.6) is 0 Å². The van der Waals surface area contributed by atoms with Crippen molar-refractivity contribution in [2.24, 2.45) is 0 Å². The van der Waals surface area contributed by atoms with Gasteiger partial charge in [-0.15, -0.1) is 0 Å². The molecule has 1 atom stereocenters. The number of amides is 1. The fourth-order valence-electron chi connectivity index (χ4n) is 3.53. The van der Waals surface area contributed by atoms with Crippen LogP contribution in [0.15, 0.2) is 48.8 Å². The number of sulfone groups is 1. The number of anilines is 1. The summed E-state index contributed by atoms with van der Waals surface area (Å²) in [5, 5.41) is 11.6. The molecule has 4 rings (SSSR count). The second-order valence-corrected chi connectivity index (χ2v) is 9.58. The van der Waals surface area contributed by atoms with Crippen molar-refractivity contribution in [3.63, 3.8) is 0 Å². The number of nitrogens with one attached hydrogen (secondary N) is 1. The molecule has 0 saturated carbocycles. The number of hydrogen-bond donors (Lipinski definition) is 1. The Bertz CT molecular complexity index is 1120. The van der Waals surface area contributed by atoms with Crippen molar-refractivity contribution in [1.82, 2.24) is 19.6 Å². The molecule has 1 unspecified atom stereocenters. The zero-order valence-electron chi connectivity index (χ0n) is 16.2. The molecule has 3 heterocycles. The third-order valence-corrected chi connectivity index (χ3v) is 6.73. The van der Waals surface area contributed by atoms with Crippen molar-refractivity contribution in [2.75, 3.05) is 16.8 Å². The van der Waals surface area contributed by atoms with Crippen LogP contribution >= 0.6 is 0 Å². The van der Waals surface area contributed by atoms with Gasteiger partial charge in [0.05, 0.1) is 35.1 Å². The Morgan fingerprint density at radius 1 is 1.28 bits per heavy atom. The van der Waals surface area contributed by atoms with Gasteiger partial charge in [-0.05, 0) is 37.5 Å². The van der Waals surface area contributed by atoms with Crippen LogP contribution in [0.2, 0.25) is 0 Å². The number of carbonyl (C=O) groups is 1. The van der Waals surface area contributed by atoms with Crippen molar-refractivity contribution in [3.8, 4) is 5.69 Å². The Morgan fingerprint density at radius 3 is 2.79 bits per heavy atom. The molecule has 1 saturated heterocycles. The summed E-state index contributed by atoms with van der Waals surface area (Å²) < 4.78 is 27.0. The highest BCUT2D eigenvalue weighted by atomic mass is 32.2. The predicted octanol–water partition coefficient (Wildman–Crippen LogP) is 2.31. The minimum absolute atomic E-state index is 0.0651. The monoisotopic (exact) mass is 413 g/mol. The molecule has 0 radical (unpaired) electrons. The van der Waals surface area contributed by atoms with E-state index < -0.39 is 9.84 Å². The summed E-state index contributed by atoms with van der Waals surface area (Å²) in [6, 6.07) is 11.3. The summed E-state index contributed by atoms with van der Waals surface area (Å²) in [6.07, 6.45) is 5.06. The number of aromatic nitrogens is 4. The van der Waals surface area contributed by atoms with Gasteiger partial charge in [0.1, 0.15) is 5.82 Å². The van der Waals surface area contributed by atoms with Crippen molar-refractivity contribution in [2.45, 2.75) is 32.2 Å². The maximum Gasteiger partial charge on any atom is 0.225 e. The fraction of sp³-hybridized carbons (Fsp3) is 0.350. The zero-order valence-corrected chi connectivity index (χ0v) is 17.0. The van der Waals surface area contributed by atoms with E-state index in [0.29, 0.717) is 25.1 Å². The number of carbonyl (C=O) groups excluding carboxylic acids is 1. The summed E-state index contributed by atoms with van der Waals surface area (Å²) >= 11 is 0. The van der Waals surface area contributed by atoms with Gasteiger partial charge in [0.25, 0.3) is 0 Å². The normalized spacial score (nSPS) is 18.0. The summed E-state index contributed by atoms with van der Waals surface area (Å²) in [6.45, 7) is 1.83. The number of para-hydroxylation sites is 1. The van der Waals surface area contributed by atoms with E-state index in [0.717, 1.165) is 16.9 Å². The maximum atomic E-state index is 12.5. The summed E-state index contributed by atoms with van der Waals surface area (Å²) in [4.78, 5) is 12.5. The van der Waals surface area contributed by atoms with E-state index in [4.69, 9.17) is 0 Å². The Balaban J connectivity index is 1.38. The second kappa shape index (κ2) is 7.82. The summed E-state index contributed by atoms with van der Waals surface area (Å²) in [7, 11) is -3.03. The average Bonchev–Trinajstić information content (AvgIpc) is 3.39. The van der Waals surface area contributed by atoms with E-state index in [1.165, 1.54) is 0 Å². The van der Waals surface area contributed by atoms with E-state index in [-0.39, 0.29) is 23.5 Å². The molecule has 152 valence electrons.